The highest BCUT2D eigenvalue weighted by Crippen LogP contribution is 2.29. The summed E-state index contributed by atoms with van der Waals surface area (Å²) in [5.74, 6) is 0.758. The number of nitrogens with two attached hydrogens (primary N) is 1. The van der Waals surface area contributed by atoms with Gasteiger partial charge in [0, 0.05) is 11.6 Å². The first-order valence-electron chi connectivity index (χ1n) is 5.59. The largest absolute Gasteiger partial charge is 0.491 e. The number of nitrogens with zero attached hydrogens (tertiary/aromatic N) is 1. The van der Waals surface area contributed by atoms with Gasteiger partial charge in [0.2, 0.25) is 0 Å². The van der Waals surface area contributed by atoms with Gasteiger partial charge >= 0.3 is 0 Å². The van der Waals surface area contributed by atoms with Crippen LogP contribution in [0.15, 0.2) is 30.5 Å². The van der Waals surface area contributed by atoms with E-state index < -0.39 is 0 Å². The van der Waals surface area contributed by atoms with E-state index in [9.17, 15) is 0 Å². The van der Waals surface area contributed by atoms with Crippen molar-refractivity contribution in [2.75, 3.05) is 12.3 Å². The quantitative estimate of drug-likeness (QED) is 0.631. The molecule has 84 valence electrons. The van der Waals surface area contributed by atoms with E-state index in [2.05, 4.69) is 11.9 Å². The lowest BCUT2D eigenvalue weighted by Gasteiger charge is -2.10. The summed E-state index contributed by atoms with van der Waals surface area (Å²) >= 11 is 0. The number of nitrogen functional groups attached to an aromatic ring is 1. The summed E-state index contributed by atoms with van der Waals surface area (Å²) in [7, 11) is 0. The van der Waals surface area contributed by atoms with Crippen LogP contribution in [-0.2, 0) is 0 Å². The molecule has 2 N–H and O–H groups in total. The van der Waals surface area contributed by atoms with Gasteiger partial charge in [-0.3, -0.25) is 4.98 Å². The molecule has 0 aliphatic rings. The first-order valence-corrected chi connectivity index (χ1v) is 5.59. The monoisotopic (exact) mass is 216 g/mol. The molecule has 0 amide bonds. The summed E-state index contributed by atoms with van der Waals surface area (Å²) in [6.45, 7) is 2.85. The lowest BCUT2D eigenvalue weighted by molar-refractivity contribution is 0.311. The summed E-state index contributed by atoms with van der Waals surface area (Å²) in [4.78, 5) is 4.24. The van der Waals surface area contributed by atoms with Crippen molar-refractivity contribution in [1.29, 1.82) is 0 Å². The minimum absolute atomic E-state index is 0.682. The SMILES string of the molecule is CCCCOc1ccc2ncccc2c1N. The molecular weight excluding hydrogens is 200 g/mol. The van der Waals surface area contributed by atoms with Crippen LogP contribution in [-0.4, -0.2) is 11.6 Å². The molecule has 1 heterocycles. The molecule has 3 heteroatoms. The van der Waals surface area contributed by atoms with Crippen LogP contribution in [0.3, 0.4) is 0 Å². The van der Waals surface area contributed by atoms with Crippen LogP contribution < -0.4 is 10.5 Å². The number of hydrogen-bond acceptors (Lipinski definition) is 3. The van der Waals surface area contributed by atoms with E-state index >= 15 is 0 Å². The number of rotatable bonds is 4. The van der Waals surface area contributed by atoms with Crippen molar-refractivity contribution in [2.45, 2.75) is 19.8 Å². The zero-order valence-electron chi connectivity index (χ0n) is 9.44. The fourth-order valence-corrected chi connectivity index (χ4v) is 1.61. The summed E-state index contributed by atoms with van der Waals surface area (Å²) < 4.78 is 5.63. The molecule has 2 aromatic rings. The van der Waals surface area contributed by atoms with Gasteiger partial charge in [0.25, 0.3) is 0 Å². The second kappa shape index (κ2) is 4.84. The molecule has 1 aromatic carbocycles. The molecule has 0 aliphatic heterocycles. The lowest BCUT2D eigenvalue weighted by Crippen LogP contribution is -2.00. The van der Waals surface area contributed by atoms with Crippen LogP contribution in [0.5, 0.6) is 5.75 Å². The molecule has 0 unspecified atom stereocenters. The Kier molecular flexibility index (Phi) is 3.25. The van der Waals surface area contributed by atoms with Gasteiger partial charge in [-0.05, 0) is 30.7 Å². The van der Waals surface area contributed by atoms with Crippen LogP contribution >= 0.6 is 0 Å². The molecule has 0 bridgehead atoms. The van der Waals surface area contributed by atoms with E-state index in [1.165, 1.54) is 0 Å². The molecule has 2 rings (SSSR count). The highest BCUT2D eigenvalue weighted by Gasteiger charge is 2.05. The highest BCUT2D eigenvalue weighted by molar-refractivity contribution is 5.93. The molecule has 16 heavy (non-hydrogen) atoms. The zero-order chi connectivity index (χ0) is 11.4. The Balaban J connectivity index is 2.29. The van der Waals surface area contributed by atoms with E-state index in [-0.39, 0.29) is 0 Å². The number of ether oxygens (including phenoxy) is 1. The maximum atomic E-state index is 6.04. The smallest absolute Gasteiger partial charge is 0.142 e. The standard InChI is InChI=1S/C13H16N2O/c1-2-3-9-16-12-7-6-11-10(13(12)14)5-4-8-15-11/h4-8H,2-3,9,14H2,1H3. The predicted octanol–water partition coefficient (Wildman–Crippen LogP) is 3.00. The molecule has 0 spiro atoms. The first kappa shape index (κ1) is 10.7. The van der Waals surface area contributed by atoms with E-state index in [4.69, 9.17) is 10.5 Å². The van der Waals surface area contributed by atoms with Gasteiger partial charge < -0.3 is 10.5 Å². The third kappa shape index (κ3) is 2.08. The number of pyridine rings is 1. The van der Waals surface area contributed by atoms with Crippen LogP contribution in [0.2, 0.25) is 0 Å². The molecule has 0 saturated heterocycles. The Hall–Kier alpha value is -1.77. The summed E-state index contributed by atoms with van der Waals surface area (Å²) in [6, 6.07) is 7.67. The topological polar surface area (TPSA) is 48.1 Å². The Bertz CT molecular complexity index is 482. The Labute approximate surface area is 95.2 Å². The molecular formula is C13H16N2O. The van der Waals surface area contributed by atoms with Gasteiger partial charge in [-0.1, -0.05) is 13.3 Å². The van der Waals surface area contributed by atoms with Crippen molar-refractivity contribution in [3.05, 3.63) is 30.5 Å². The molecule has 3 nitrogen and oxygen atoms in total. The number of aromatic nitrogens is 1. The van der Waals surface area contributed by atoms with Crippen molar-refractivity contribution in [1.82, 2.24) is 4.98 Å². The van der Waals surface area contributed by atoms with Gasteiger partial charge in [-0.15, -0.1) is 0 Å². The Morgan fingerprint density at radius 1 is 1.31 bits per heavy atom. The van der Waals surface area contributed by atoms with Crippen LogP contribution in [0.1, 0.15) is 19.8 Å². The molecule has 0 saturated carbocycles. The minimum atomic E-state index is 0.682. The Morgan fingerprint density at radius 2 is 2.19 bits per heavy atom. The maximum absolute atomic E-state index is 6.04. The summed E-state index contributed by atoms with van der Waals surface area (Å²) in [5.41, 5.74) is 7.62. The average Bonchev–Trinajstić information content (AvgIpc) is 2.33. The zero-order valence-corrected chi connectivity index (χ0v) is 9.44. The molecule has 0 fully saturated rings. The van der Waals surface area contributed by atoms with Gasteiger partial charge in [0.1, 0.15) is 5.75 Å². The van der Waals surface area contributed by atoms with Gasteiger partial charge in [-0.25, -0.2) is 0 Å². The van der Waals surface area contributed by atoms with E-state index in [0.29, 0.717) is 12.3 Å². The van der Waals surface area contributed by atoms with E-state index in [0.717, 1.165) is 29.5 Å². The van der Waals surface area contributed by atoms with Gasteiger partial charge in [-0.2, -0.15) is 0 Å². The van der Waals surface area contributed by atoms with E-state index in [1.807, 2.05) is 24.3 Å². The lowest BCUT2D eigenvalue weighted by atomic mass is 10.1. The highest BCUT2D eigenvalue weighted by atomic mass is 16.5. The van der Waals surface area contributed by atoms with E-state index in [1.54, 1.807) is 6.20 Å². The normalized spacial score (nSPS) is 10.6. The maximum Gasteiger partial charge on any atom is 0.142 e. The molecule has 1 aromatic heterocycles. The minimum Gasteiger partial charge on any atom is -0.491 e. The van der Waals surface area contributed by atoms with Crippen LogP contribution in [0.25, 0.3) is 10.9 Å². The number of hydrogen-bond donors (Lipinski definition) is 1. The number of unbranched alkanes of at least 4 members (excludes halogenated alkanes) is 1. The van der Waals surface area contributed by atoms with Crippen molar-refractivity contribution in [3.8, 4) is 5.75 Å². The molecule has 0 aliphatic carbocycles. The third-order valence-corrected chi connectivity index (χ3v) is 2.54. The molecule has 0 atom stereocenters. The second-order valence-corrected chi connectivity index (χ2v) is 3.75. The second-order valence-electron chi connectivity index (χ2n) is 3.75. The van der Waals surface area contributed by atoms with Crippen LogP contribution in [0.4, 0.5) is 5.69 Å². The average molecular weight is 216 g/mol. The molecule has 0 radical (unpaired) electrons. The first-order chi connectivity index (χ1) is 7.83. The van der Waals surface area contributed by atoms with Crippen molar-refractivity contribution in [2.24, 2.45) is 0 Å². The van der Waals surface area contributed by atoms with Crippen molar-refractivity contribution in [3.63, 3.8) is 0 Å². The third-order valence-electron chi connectivity index (χ3n) is 2.54. The van der Waals surface area contributed by atoms with Crippen LogP contribution in [0, 0.1) is 0 Å². The summed E-state index contributed by atoms with van der Waals surface area (Å²) in [5, 5.41) is 0.955. The number of benzene rings is 1. The predicted molar refractivity (Wildman–Crippen MR) is 66.6 cm³/mol. The number of fused-ring (bicyclic) bond motifs is 1. The van der Waals surface area contributed by atoms with Gasteiger partial charge in [0.05, 0.1) is 17.8 Å². The number of anilines is 1. The Morgan fingerprint density at radius 3 is 3.00 bits per heavy atom. The fraction of sp³-hybridized carbons (Fsp3) is 0.308. The fourth-order valence-electron chi connectivity index (χ4n) is 1.61. The van der Waals surface area contributed by atoms with Crippen molar-refractivity contribution < 1.29 is 4.74 Å². The van der Waals surface area contributed by atoms with Gasteiger partial charge in [0.15, 0.2) is 0 Å². The summed E-state index contributed by atoms with van der Waals surface area (Å²) in [6.07, 6.45) is 3.93. The van der Waals surface area contributed by atoms with Crippen molar-refractivity contribution >= 4 is 16.6 Å².